The number of hydrogen-bond acceptors (Lipinski definition) is 15. The maximum atomic E-state index is 14.4. The van der Waals surface area contributed by atoms with Crippen molar-refractivity contribution in [2.75, 3.05) is 45.7 Å². The molecule has 4 aliphatic heterocycles. The molecule has 4 heterocycles. The van der Waals surface area contributed by atoms with Crippen LogP contribution in [0.25, 0.3) is 10.8 Å². The van der Waals surface area contributed by atoms with Gasteiger partial charge in [-0.2, -0.15) is 5.10 Å². The monoisotopic (exact) mass is 822 g/mol. The molecule has 2 aromatic carbocycles. The second-order valence-electron chi connectivity index (χ2n) is 16.1. The van der Waals surface area contributed by atoms with E-state index >= 15 is 0 Å². The maximum absolute atomic E-state index is 14.4. The summed E-state index contributed by atoms with van der Waals surface area (Å²) in [7, 11) is 3.42. The summed E-state index contributed by atoms with van der Waals surface area (Å²) >= 11 is 0. The van der Waals surface area contributed by atoms with E-state index in [0.717, 1.165) is 13.1 Å². The average molecular weight is 823 g/mol. The molecule has 6 N–H and O–H groups in total. The fourth-order valence-electron chi connectivity index (χ4n) is 7.92. The van der Waals surface area contributed by atoms with Crippen molar-refractivity contribution in [1.82, 2.24) is 9.91 Å². The molecule has 6 rings (SSSR count). The number of phenolic OH excluding ortho intramolecular Hbond substituents is 3. The van der Waals surface area contributed by atoms with E-state index < -0.39 is 88.8 Å². The van der Waals surface area contributed by atoms with Crippen LogP contribution in [0.2, 0.25) is 0 Å². The molecule has 0 radical (unpaired) electrons. The molecule has 0 spiro atoms. The van der Waals surface area contributed by atoms with Gasteiger partial charge in [-0.25, -0.2) is 0 Å². The van der Waals surface area contributed by atoms with E-state index in [1.54, 1.807) is 44.9 Å². The van der Waals surface area contributed by atoms with Crippen molar-refractivity contribution in [1.29, 1.82) is 0 Å². The third kappa shape index (κ3) is 8.91. The quantitative estimate of drug-likeness (QED) is 0.109. The van der Waals surface area contributed by atoms with Crippen LogP contribution in [0.1, 0.15) is 70.0 Å². The van der Waals surface area contributed by atoms with Crippen molar-refractivity contribution in [2.24, 2.45) is 28.8 Å². The van der Waals surface area contributed by atoms with Gasteiger partial charge in [0.15, 0.2) is 5.75 Å². The number of aliphatic hydroxyl groups is 2. The average Bonchev–Trinajstić information content (AvgIpc) is 3.46. The molecule has 8 unspecified atom stereocenters. The Bertz CT molecular complexity index is 2070. The number of nitrogens with zero attached hydrogens (tertiary/aromatic N) is 3. The summed E-state index contributed by atoms with van der Waals surface area (Å²) in [6, 6.07) is 0. The number of anilines is 1. The molecule has 322 valence electrons. The highest BCUT2D eigenvalue weighted by molar-refractivity contribution is 6.23. The van der Waals surface area contributed by atoms with Crippen molar-refractivity contribution in [2.45, 2.75) is 85.6 Å². The second-order valence-corrected chi connectivity index (χ2v) is 16.1. The van der Waals surface area contributed by atoms with Crippen LogP contribution in [0, 0.1) is 30.6 Å². The second kappa shape index (κ2) is 18.0. The standard InChI is InChI=1S/C43H58N4O12/c1-21-12-11-13-22(2)42(55)45-33-28(20-44-47-17-15-46(9)16-18-47)37(52)30-31(38(33)53)36(51)26(6)40-32(30)41(54)43(8,59-40)57-19-14-29(56-10)23(3)39(58-27(7)48)25(5)35(50)24(4)34(21)49/h11-14,19-21,23-25,29,34-35,39,49-53H,15-18H2,1-10H3,(H,45,55)/t21?,23?,24?,25?,29?,34?,35?,39?,43-/m0/s1. The van der Waals surface area contributed by atoms with Crippen molar-refractivity contribution in [3.05, 3.63) is 52.8 Å². The van der Waals surface area contributed by atoms with Gasteiger partial charge < -0.3 is 54.7 Å². The first-order valence-corrected chi connectivity index (χ1v) is 19.8. The first kappa shape index (κ1) is 44.9. The van der Waals surface area contributed by atoms with Gasteiger partial charge in [-0.05, 0) is 27.0 Å². The number of carbonyl (C=O) groups is 3. The van der Waals surface area contributed by atoms with Gasteiger partial charge in [0.2, 0.25) is 0 Å². The number of ether oxygens (including phenoxy) is 4. The summed E-state index contributed by atoms with van der Waals surface area (Å²) in [5.41, 5.74) is -0.350. The van der Waals surface area contributed by atoms with Crippen LogP contribution < -0.4 is 10.1 Å². The van der Waals surface area contributed by atoms with Gasteiger partial charge in [0, 0.05) is 87.3 Å². The number of benzene rings is 2. The summed E-state index contributed by atoms with van der Waals surface area (Å²) in [4.78, 5) is 42.6. The summed E-state index contributed by atoms with van der Waals surface area (Å²) in [5.74, 6) is -8.34. The molecule has 0 aliphatic carbocycles. The lowest BCUT2D eigenvalue weighted by Gasteiger charge is -2.38. The molecule has 9 atom stereocenters. The highest BCUT2D eigenvalue weighted by atomic mass is 16.7. The lowest BCUT2D eigenvalue weighted by molar-refractivity contribution is -0.160. The number of ketones is 1. The molecule has 0 aromatic heterocycles. The summed E-state index contributed by atoms with van der Waals surface area (Å²) in [6.45, 7) is 15.1. The molecular weight excluding hydrogens is 764 g/mol. The molecule has 16 heteroatoms. The lowest BCUT2D eigenvalue weighted by Crippen LogP contribution is -2.46. The minimum absolute atomic E-state index is 0.0559. The highest BCUT2D eigenvalue weighted by Gasteiger charge is 2.50. The number of piperazine rings is 1. The smallest absolute Gasteiger partial charge is 0.312 e. The fraction of sp³-hybridized carbons (Fsp3) is 0.535. The number of hydrazone groups is 1. The predicted molar refractivity (Wildman–Crippen MR) is 220 cm³/mol. The number of phenols is 3. The number of hydrogen-bond donors (Lipinski definition) is 6. The minimum Gasteiger partial charge on any atom is -0.507 e. The highest BCUT2D eigenvalue weighted by Crippen LogP contribution is 2.55. The number of amides is 1. The van der Waals surface area contributed by atoms with Gasteiger partial charge in [-0.3, -0.25) is 19.4 Å². The number of carbonyl (C=O) groups excluding carboxylic acids is 3. The van der Waals surface area contributed by atoms with Crippen LogP contribution in [0.3, 0.4) is 0 Å². The zero-order valence-electron chi connectivity index (χ0n) is 35.3. The van der Waals surface area contributed by atoms with E-state index in [0.29, 0.717) is 13.1 Å². The van der Waals surface area contributed by atoms with Gasteiger partial charge in [0.05, 0.1) is 53.0 Å². The lowest BCUT2D eigenvalue weighted by atomic mass is 9.78. The van der Waals surface area contributed by atoms with E-state index in [1.807, 2.05) is 7.05 Å². The van der Waals surface area contributed by atoms with Crippen LogP contribution in [0.15, 0.2) is 41.2 Å². The fourth-order valence-corrected chi connectivity index (χ4v) is 7.92. The number of aliphatic hydroxyl groups excluding tert-OH is 2. The number of aromatic hydroxyl groups is 3. The van der Waals surface area contributed by atoms with Crippen molar-refractivity contribution >= 4 is 40.3 Å². The molecule has 1 amide bonds. The molecule has 1 saturated heterocycles. The molecule has 4 aliphatic rings. The summed E-state index contributed by atoms with van der Waals surface area (Å²) in [6.07, 6.45) is 4.86. The summed E-state index contributed by atoms with van der Waals surface area (Å²) in [5, 5.41) is 66.8. The van der Waals surface area contributed by atoms with E-state index in [-0.39, 0.29) is 44.5 Å². The molecular formula is C43H58N4O12. The van der Waals surface area contributed by atoms with Crippen LogP contribution in [0.5, 0.6) is 23.0 Å². The Morgan fingerprint density at radius 1 is 0.949 bits per heavy atom. The third-order valence-electron chi connectivity index (χ3n) is 11.9. The van der Waals surface area contributed by atoms with Crippen molar-refractivity contribution in [3.8, 4) is 23.0 Å². The first-order chi connectivity index (χ1) is 27.7. The number of fused-ring (bicyclic) bond motifs is 14. The Morgan fingerprint density at radius 2 is 1.61 bits per heavy atom. The minimum atomic E-state index is -2.04. The number of rotatable bonds is 4. The third-order valence-corrected chi connectivity index (χ3v) is 11.9. The number of nitrogens with one attached hydrogen (secondary N) is 1. The normalized spacial score (nSPS) is 30.1. The number of Topliss-reactive ketones (excluding diaryl/α,β-unsaturated/α-hetero) is 1. The molecule has 2 aromatic rings. The maximum Gasteiger partial charge on any atom is 0.312 e. The van der Waals surface area contributed by atoms with E-state index in [9.17, 15) is 39.9 Å². The van der Waals surface area contributed by atoms with Gasteiger partial charge in [-0.15, -0.1) is 0 Å². The zero-order chi connectivity index (χ0) is 43.7. The summed E-state index contributed by atoms with van der Waals surface area (Å²) < 4.78 is 23.6. The van der Waals surface area contributed by atoms with E-state index in [1.165, 1.54) is 59.4 Å². The van der Waals surface area contributed by atoms with Crippen molar-refractivity contribution in [3.63, 3.8) is 0 Å². The van der Waals surface area contributed by atoms with E-state index in [2.05, 4.69) is 15.3 Å². The Labute approximate surface area is 344 Å². The van der Waals surface area contributed by atoms with Gasteiger partial charge in [0.1, 0.15) is 23.4 Å². The molecule has 5 bridgehead atoms. The zero-order valence-corrected chi connectivity index (χ0v) is 35.3. The van der Waals surface area contributed by atoms with Crippen LogP contribution in [-0.4, -0.2) is 130 Å². The predicted octanol–water partition coefficient (Wildman–Crippen LogP) is 4.34. The Kier molecular flexibility index (Phi) is 13.7. The van der Waals surface area contributed by atoms with Crippen LogP contribution in [0.4, 0.5) is 5.69 Å². The number of esters is 1. The van der Waals surface area contributed by atoms with Crippen LogP contribution >= 0.6 is 0 Å². The largest absolute Gasteiger partial charge is 0.507 e. The number of likely N-dealkylation sites (N-methyl/N-ethyl adjacent to an activating group) is 1. The molecule has 1 fully saturated rings. The topological polar surface area (TPSA) is 220 Å². The Balaban J connectivity index is 1.70. The SMILES string of the molecule is COC1C=CO[C@@]2(C)Oc3c(C)c(O)c4c(O)c(c(C=NN5CCN(C)CC5)c(O)c4c3C2=O)NC(=O)C(C)=CC=CC(C)C(O)C(C)C(O)C(C)C(OC(C)=O)C1C. The Morgan fingerprint density at radius 3 is 2.24 bits per heavy atom. The molecule has 0 saturated carbocycles. The van der Waals surface area contributed by atoms with Crippen molar-refractivity contribution < 1.29 is 58.9 Å². The van der Waals surface area contributed by atoms with Crippen LogP contribution in [-0.2, 0) is 23.8 Å². The first-order valence-electron chi connectivity index (χ1n) is 19.8. The van der Waals surface area contributed by atoms with Gasteiger partial charge in [-0.1, -0.05) is 45.9 Å². The molecule has 59 heavy (non-hydrogen) atoms. The number of allylic oxidation sites excluding steroid dienone is 2. The van der Waals surface area contributed by atoms with Gasteiger partial charge >= 0.3 is 11.8 Å². The Hall–Kier alpha value is -5.16. The van der Waals surface area contributed by atoms with Gasteiger partial charge in [0.25, 0.3) is 11.7 Å². The molecule has 16 nitrogen and oxygen atoms in total. The number of methoxy groups -OCH3 is 1. The van der Waals surface area contributed by atoms with E-state index in [4.69, 9.17) is 18.9 Å².